The monoisotopic (exact) mass is 388 g/mol. The molecule has 0 atom stereocenters. The lowest BCUT2D eigenvalue weighted by Gasteiger charge is -2.10. The van der Waals surface area contributed by atoms with Gasteiger partial charge >= 0.3 is 11.6 Å². The molecule has 1 aromatic carbocycles. The Kier molecular flexibility index (Phi) is 4.44. The van der Waals surface area contributed by atoms with Crippen LogP contribution >= 0.6 is 11.6 Å². The van der Waals surface area contributed by atoms with E-state index < -0.39 is 5.97 Å². The predicted octanol–water partition coefficient (Wildman–Crippen LogP) is 4.20. The van der Waals surface area contributed by atoms with Crippen molar-refractivity contribution in [2.75, 3.05) is 7.11 Å². The highest BCUT2D eigenvalue weighted by molar-refractivity contribution is 6.32. The molecule has 1 aliphatic carbocycles. The fourth-order valence-corrected chi connectivity index (χ4v) is 3.63. The van der Waals surface area contributed by atoms with Crippen LogP contribution in [0.3, 0.4) is 0 Å². The minimum atomic E-state index is -0.552. The Morgan fingerprint density at radius 1 is 1.19 bits per heavy atom. The van der Waals surface area contributed by atoms with E-state index in [1.165, 1.54) is 7.11 Å². The van der Waals surface area contributed by atoms with E-state index in [1.54, 1.807) is 25.1 Å². The van der Waals surface area contributed by atoms with Crippen molar-refractivity contribution in [2.24, 2.45) is 0 Å². The van der Waals surface area contributed by atoms with Crippen LogP contribution in [-0.4, -0.2) is 13.1 Å². The van der Waals surface area contributed by atoms with Crippen LogP contribution in [0.25, 0.3) is 11.0 Å². The molecule has 0 spiro atoms. The summed E-state index contributed by atoms with van der Waals surface area (Å²) in [5.74, 6) is 0.505. The first-order valence-electron chi connectivity index (χ1n) is 8.56. The van der Waals surface area contributed by atoms with Crippen molar-refractivity contribution >= 4 is 28.5 Å². The Morgan fingerprint density at radius 2 is 1.96 bits per heavy atom. The van der Waals surface area contributed by atoms with Crippen LogP contribution in [0.2, 0.25) is 5.02 Å². The van der Waals surface area contributed by atoms with Gasteiger partial charge in [0.25, 0.3) is 0 Å². The first-order chi connectivity index (χ1) is 13.0. The van der Waals surface area contributed by atoms with E-state index in [1.807, 2.05) is 0 Å². The van der Waals surface area contributed by atoms with Gasteiger partial charge in [-0.15, -0.1) is 0 Å². The maximum Gasteiger partial charge on any atom is 0.373 e. The molecule has 0 N–H and O–H groups in total. The third-order valence-corrected chi connectivity index (χ3v) is 5.11. The van der Waals surface area contributed by atoms with Crippen LogP contribution in [-0.2, 0) is 24.2 Å². The highest BCUT2D eigenvalue weighted by Gasteiger charge is 2.21. The summed E-state index contributed by atoms with van der Waals surface area (Å²) in [4.78, 5) is 23.7. The Hall–Kier alpha value is -2.73. The van der Waals surface area contributed by atoms with Crippen LogP contribution in [0.5, 0.6) is 5.75 Å². The van der Waals surface area contributed by atoms with Gasteiger partial charge in [-0.25, -0.2) is 9.59 Å². The summed E-state index contributed by atoms with van der Waals surface area (Å²) < 4.78 is 21.3. The van der Waals surface area contributed by atoms with Gasteiger partial charge in [0.15, 0.2) is 0 Å². The molecule has 0 bridgehead atoms. The smallest absolute Gasteiger partial charge is 0.373 e. The van der Waals surface area contributed by atoms with Gasteiger partial charge in [0, 0.05) is 22.6 Å². The maximum atomic E-state index is 12.1. The number of benzene rings is 1. The average molecular weight is 389 g/mol. The molecular formula is C20H17ClO6. The van der Waals surface area contributed by atoms with Crippen molar-refractivity contribution in [2.45, 2.75) is 32.8 Å². The van der Waals surface area contributed by atoms with Crippen molar-refractivity contribution in [3.63, 3.8) is 0 Å². The number of fused-ring (bicyclic) bond motifs is 3. The Balaban J connectivity index is 1.64. The number of esters is 1. The molecule has 2 aromatic heterocycles. The minimum Gasteiger partial charge on any atom is -0.487 e. The van der Waals surface area contributed by atoms with E-state index >= 15 is 0 Å². The van der Waals surface area contributed by atoms with Gasteiger partial charge in [-0.2, -0.15) is 0 Å². The van der Waals surface area contributed by atoms with Gasteiger partial charge in [-0.1, -0.05) is 11.6 Å². The second-order valence-corrected chi connectivity index (χ2v) is 6.86. The van der Waals surface area contributed by atoms with Gasteiger partial charge in [-0.05, 0) is 43.9 Å². The number of carbonyl (C=O) groups is 1. The molecule has 2 heterocycles. The fraction of sp³-hybridized carbons (Fsp3) is 0.300. The van der Waals surface area contributed by atoms with Crippen molar-refractivity contribution in [1.29, 1.82) is 0 Å². The van der Waals surface area contributed by atoms with Crippen molar-refractivity contribution in [3.05, 3.63) is 61.9 Å². The molecule has 6 nitrogen and oxygen atoms in total. The summed E-state index contributed by atoms with van der Waals surface area (Å²) in [5.41, 5.74) is 2.62. The van der Waals surface area contributed by atoms with Gasteiger partial charge in [0.1, 0.15) is 23.7 Å². The number of carbonyl (C=O) groups excluding carboxylic acids is 1. The van der Waals surface area contributed by atoms with E-state index in [-0.39, 0.29) is 18.0 Å². The van der Waals surface area contributed by atoms with Gasteiger partial charge in [-0.3, -0.25) is 0 Å². The number of methoxy groups -OCH3 is 1. The molecular weight excluding hydrogens is 372 g/mol. The SMILES string of the molecule is COC(=O)c1cc(COc2cc3oc(=O)c4c(c3cc2Cl)CCC4)c(C)o1. The zero-order valence-corrected chi connectivity index (χ0v) is 15.6. The van der Waals surface area contributed by atoms with Crippen LogP contribution < -0.4 is 10.4 Å². The van der Waals surface area contributed by atoms with Crippen LogP contribution in [0.4, 0.5) is 0 Å². The first-order valence-corrected chi connectivity index (χ1v) is 8.94. The molecule has 27 heavy (non-hydrogen) atoms. The number of aryl methyl sites for hydroxylation is 2. The van der Waals surface area contributed by atoms with Crippen molar-refractivity contribution < 1.29 is 23.1 Å². The van der Waals surface area contributed by atoms with Crippen LogP contribution in [0.15, 0.2) is 31.8 Å². The van der Waals surface area contributed by atoms with Crippen molar-refractivity contribution in [3.8, 4) is 5.75 Å². The summed E-state index contributed by atoms with van der Waals surface area (Å²) in [6.45, 7) is 1.88. The van der Waals surface area contributed by atoms with Crippen LogP contribution in [0.1, 0.15) is 39.4 Å². The molecule has 4 rings (SSSR count). The standard InChI is InChI=1S/C20H17ClO6/c1-10-11(6-18(26-10)20(23)24-2)9-25-17-8-16-14(7-15(17)21)12-4-3-5-13(12)19(22)27-16/h6-8H,3-5,9H2,1-2H3. The van der Waals surface area contributed by atoms with Crippen molar-refractivity contribution in [1.82, 2.24) is 0 Å². The van der Waals surface area contributed by atoms with E-state index in [9.17, 15) is 9.59 Å². The normalized spacial score (nSPS) is 13.0. The predicted molar refractivity (Wildman–Crippen MR) is 98.6 cm³/mol. The summed E-state index contributed by atoms with van der Waals surface area (Å²) >= 11 is 6.39. The average Bonchev–Trinajstić information content (AvgIpc) is 3.28. The second kappa shape index (κ2) is 6.78. The zero-order valence-electron chi connectivity index (χ0n) is 14.9. The van der Waals surface area contributed by atoms with E-state index in [4.69, 9.17) is 25.2 Å². The van der Waals surface area contributed by atoms with Crippen LogP contribution in [0, 0.1) is 6.92 Å². The quantitative estimate of drug-likeness (QED) is 0.492. The summed E-state index contributed by atoms with van der Waals surface area (Å²) in [6.07, 6.45) is 2.53. The number of furan rings is 1. The summed E-state index contributed by atoms with van der Waals surface area (Å²) in [5, 5.41) is 1.28. The molecule has 0 saturated heterocycles. The number of halogens is 1. The highest BCUT2D eigenvalue weighted by Crippen LogP contribution is 2.35. The molecule has 3 aromatic rings. The summed E-state index contributed by atoms with van der Waals surface area (Å²) in [6, 6.07) is 4.98. The molecule has 140 valence electrons. The molecule has 1 aliphatic rings. The lowest BCUT2D eigenvalue weighted by molar-refractivity contribution is 0.0563. The molecule has 0 amide bonds. The third kappa shape index (κ3) is 3.10. The number of ether oxygens (including phenoxy) is 2. The first kappa shape index (κ1) is 17.7. The molecule has 0 unspecified atom stereocenters. The van der Waals surface area contributed by atoms with Gasteiger partial charge in [0.2, 0.25) is 5.76 Å². The Morgan fingerprint density at radius 3 is 2.74 bits per heavy atom. The minimum absolute atomic E-state index is 0.111. The van der Waals surface area contributed by atoms with E-state index in [2.05, 4.69) is 4.74 Å². The highest BCUT2D eigenvalue weighted by atomic mass is 35.5. The number of hydrogen-bond acceptors (Lipinski definition) is 6. The lowest BCUT2D eigenvalue weighted by Crippen LogP contribution is -2.07. The number of hydrogen-bond donors (Lipinski definition) is 0. The van der Waals surface area contributed by atoms with Gasteiger partial charge in [0.05, 0.1) is 12.1 Å². The zero-order chi connectivity index (χ0) is 19.1. The van der Waals surface area contributed by atoms with E-state index in [0.717, 1.165) is 35.8 Å². The molecule has 0 aliphatic heterocycles. The third-order valence-electron chi connectivity index (χ3n) is 4.82. The second-order valence-electron chi connectivity index (χ2n) is 6.45. The summed E-state index contributed by atoms with van der Waals surface area (Å²) in [7, 11) is 1.29. The maximum absolute atomic E-state index is 12.1. The van der Waals surface area contributed by atoms with E-state index in [0.29, 0.717) is 27.7 Å². The number of rotatable bonds is 4. The molecule has 7 heteroatoms. The molecule has 0 saturated carbocycles. The van der Waals surface area contributed by atoms with Gasteiger partial charge < -0.3 is 18.3 Å². The lowest BCUT2D eigenvalue weighted by atomic mass is 10.1. The largest absolute Gasteiger partial charge is 0.487 e. The topological polar surface area (TPSA) is 78.9 Å². The Bertz CT molecular complexity index is 1110. The Labute approximate surface area is 159 Å². The molecule has 0 radical (unpaired) electrons. The fourth-order valence-electron chi connectivity index (χ4n) is 3.41. The molecule has 0 fully saturated rings.